The molecule has 2 aromatic rings. The second-order valence-electron chi connectivity index (χ2n) is 7.35. The van der Waals surface area contributed by atoms with E-state index in [-0.39, 0.29) is 0 Å². The lowest BCUT2D eigenvalue weighted by molar-refractivity contribution is 0.0951. The summed E-state index contributed by atoms with van der Waals surface area (Å²) in [7, 11) is 0. The summed E-state index contributed by atoms with van der Waals surface area (Å²) in [5.41, 5.74) is 6.19. The van der Waals surface area contributed by atoms with Crippen LogP contribution in [0.25, 0.3) is 5.57 Å². The summed E-state index contributed by atoms with van der Waals surface area (Å²) in [5.74, 6) is 0. The van der Waals surface area contributed by atoms with Gasteiger partial charge in [-0.3, -0.25) is 4.90 Å². The third kappa shape index (κ3) is 3.25. The van der Waals surface area contributed by atoms with Gasteiger partial charge < -0.3 is 0 Å². The number of nitrogens with zero attached hydrogens (tertiary/aromatic N) is 2. The van der Waals surface area contributed by atoms with Crippen molar-refractivity contribution in [3.05, 3.63) is 76.9 Å². The van der Waals surface area contributed by atoms with E-state index in [2.05, 4.69) is 60.4 Å². The van der Waals surface area contributed by atoms with Crippen molar-refractivity contribution in [1.29, 1.82) is 5.26 Å². The number of hydrogen-bond donors (Lipinski definition) is 0. The van der Waals surface area contributed by atoms with E-state index in [0.29, 0.717) is 12.1 Å². The van der Waals surface area contributed by atoms with Crippen LogP contribution in [0.3, 0.4) is 0 Å². The molecule has 4 rings (SSSR count). The Morgan fingerprint density at radius 2 is 1.96 bits per heavy atom. The summed E-state index contributed by atoms with van der Waals surface area (Å²) in [5, 5.41) is 9.10. The molecule has 0 aliphatic carbocycles. The van der Waals surface area contributed by atoms with Crippen molar-refractivity contribution in [3.63, 3.8) is 0 Å². The normalized spacial score (nSPS) is 23.0. The van der Waals surface area contributed by atoms with E-state index in [1.165, 1.54) is 41.5 Å². The molecule has 0 radical (unpaired) electrons. The number of nitriles is 1. The van der Waals surface area contributed by atoms with E-state index >= 15 is 0 Å². The summed E-state index contributed by atoms with van der Waals surface area (Å²) in [6, 6.07) is 20.4. The van der Waals surface area contributed by atoms with Gasteiger partial charge in [-0.25, -0.2) is 0 Å². The highest BCUT2D eigenvalue weighted by atomic mass is 15.2. The zero-order chi connectivity index (χ0) is 17.2. The minimum atomic E-state index is 0.540. The number of piperidine rings is 1. The Kier molecular flexibility index (Phi) is 4.42. The van der Waals surface area contributed by atoms with Crippen LogP contribution in [0.5, 0.6) is 0 Å². The third-order valence-corrected chi connectivity index (χ3v) is 5.69. The van der Waals surface area contributed by atoms with E-state index in [0.717, 1.165) is 18.5 Å². The van der Waals surface area contributed by atoms with Gasteiger partial charge in [0.2, 0.25) is 0 Å². The van der Waals surface area contributed by atoms with Crippen molar-refractivity contribution in [2.24, 2.45) is 0 Å². The monoisotopic (exact) mass is 328 g/mol. The molecule has 2 atom stereocenters. The summed E-state index contributed by atoms with van der Waals surface area (Å²) < 4.78 is 0. The number of hydrogen-bond acceptors (Lipinski definition) is 2. The van der Waals surface area contributed by atoms with Gasteiger partial charge in [0, 0.05) is 18.6 Å². The quantitative estimate of drug-likeness (QED) is 0.786. The van der Waals surface area contributed by atoms with Gasteiger partial charge in [-0.05, 0) is 60.6 Å². The third-order valence-electron chi connectivity index (χ3n) is 5.69. The predicted molar refractivity (Wildman–Crippen MR) is 102 cm³/mol. The van der Waals surface area contributed by atoms with Gasteiger partial charge in [0.1, 0.15) is 0 Å². The zero-order valence-corrected chi connectivity index (χ0v) is 14.8. The molecule has 0 amide bonds. The predicted octanol–water partition coefficient (Wildman–Crippen LogP) is 5.08. The van der Waals surface area contributed by atoms with Crippen molar-refractivity contribution >= 4 is 5.57 Å². The second-order valence-corrected chi connectivity index (χ2v) is 7.35. The van der Waals surface area contributed by atoms with Crippen LogP contribution in [0.4, 0.5) is 0 Å². The Bertz CT molecular complexity index is 829. The molecule has 2 aromatic carbocycles. The Balaban J connectivity index is 1.62. The van der Waals surface area contributed by atoms with Crippen molar-refractivity contribution in [2.75, 3.05) is 0 Å². The molecule has 2 bridgehead atoms. The Morgan fingerprint density at radius 1 is 1.12 bits per heavy atom. The molecule has 2 unspecified atom stereocenters. The van der Waals surface area contributed by atoms with Crippen LogP contribution in [0, 0.1) is 18.3 Å². The van der Waals surface area contributed by atoms with E-state index in [4.69, 9.17) is 5.26 Å². The maximum Gasteiger partial charge on any atom is 0.0991 e. The Labute approximate surface area is 150 Å². The molecule has 1 saturated heterocycles. The fourth-order valence-corrected chi connectivity index (χ4v) is 4.45. The fourth-order valence-electron chi connectivity index (χ4n) is 4.45. The summed E-state index contributed by atoms with van der Waals surface area (Å²) in [6.45, 7) is 3.18. The molecule has 2 nitrogen and oxygen atoms in total. The first-order chi connectivity index (χ1) is 12.2. The van der Waals surface area contributed by atoms with Crippen molar-refractivity contribution < 1.29 is 0 Å². The lowest BCUT2D eigenvalue weighted by atomic mass is 9.81. The van der Waals surface area contributed by atoms with E-state index < -0.39 is 0 Å². The van der Waals surface area contributed by atoms with Crippen molar-refractivity contribution in [2.45, 2.75) is 51.2 Å². The van der Waals surface area contributed by atoms with E-state index in [9.17, 15) is 0 Å². The van der Waals surface area contributed by atoms with Crippen LogP contribution in [0.15, 0.2) is 54.6 Å². The largest absolute Gasteiger partial charge is 0.289 e. The Morgan fingerprint density at radius 3 is 2.68 bits per heavy atom. The van der Waals surface area contributed by atoms with E-state index in [1.54, 1.807) is 0 Å². The maximum absolute atomic E-state index is 9.10. The topological polar surface area (TPSA) is 27.0 Å². The maximum atomic E-state index is 9.10. The highest BCUT2D eigenvalue weighted by Crippen LogP contribution is 2.38. The summed E-state index contributed by atoms with van der Waals surface area (Å²) in [4.78, 5) is 2.70. The van der Waals surface area contributed by atoms with Crippen LogP contribution in [0.1, 0.15) is 47.9 Å². The molecule has 25 heavy (non-hydrogen) atoms. The first kappa shape index (κ1) is 16.1. The molecule has 0 spiro atoms. The van der Waals surface area contributed by atoms with Gasteiger partial charge in [0.05, 0.1) is 11.6 Å². The molecular formula is C23H24N2. The zero-order valence-electron chi connectivity index (χ0n) is 14.8. The molecule has 2 heteroatoms. The van der Waals surface area contributed by atoms with Crippen LogP contribution < -0.4 is 0 Å². The van der Waals surface area contributed by atoms with Crippen molar-refractivity contribution in [3.8, 4) is 6.07 Å². The summed E-state index contributed by atoms with van der Waals surface area (Å²) in [6.07, 6.45) is 7.48. The average Bonchev–Trinajstić information content (AvgIpc) is 2.62. The van der Waals surface area contributed by atoms with Gasteiger partial charge in [-0.15, -0.1) is 0 Å². The molecule has 2 aliphatic rings. The molecule has 0 aromatic heterocycles. The number of benzene rings is 2. The van der Waals surface area contributed by atoms with Gasteiger partial charge in [0.15, 0.2) is 0 Å². The molecule has 0 N–H and O–H groups in total. The van der Waals surface area contributed by atoms with Crippen LogP contribution >= 0.6 is 0 Å². The van der Waals surface area contributed by atoms with Crippen molar-refractivity contribution in [1.82, 2.24) is 4.90 Å². The second kappa shape index (κ2) is 6.86. The molecule has 126 valence electrons. The lowest BCUT2D eigenvalue weighted by Crippen LogP contribution is -2.47. The first-order valence-corrected chi connectivity index (χ1v) is 9.26. The van der Waals surface area contributed by atoms with Gasteiger partial charge in [-0.2, -0.15) is 5.26 Å². The number of fused-ring (bicyclic) bond motifs is 2. The van der Waals surface area contributed by atoms with Gasteiger partial charge in [0.25, 0.3) is 0 Å². The van der Waals surface area contributed by atoms with Crippen LogP contribution in [0.2, 0.25) is 0 Å². The minimum Gasteiger partial charge on any atom is -0.289 e. The molecule has 2 aliphatic heterocycles. The van der Waals surface area contributed by atoms with E-state index in [1.807, 2.05) is 12.1 Å². The molecule has 1 fully saturated rings. The summed E-state index contributed by atoms with van der Waals surface area (Å²) >= 11 is 0. The van der Waals surface area contributed by atoms with Gasteiger partial charge >= 0.3 is 0 Å². The standard InChI is InChI=1S/C23H24N2/c1-17-12-19(15-24)10-11-23(17)20-13-21-8-5-9-22(14-20)25(21)16-18-6-3-2-4-7-18/h2-4,6-7,10-13,21-22H,5,8-9,14,16H2,1H3. The molecular weight excluding hydrogens is 304 g/mol. The molecule has 0 saturated carbocycles. The number of rotatable bonds is 3. The van der Waals surface area contributed by atoms with Gasteiger partial charge in [-0.1, -0.05) is 48.9 Å². The van der Waals surface area contributed by atoms with Crippen LogP contribution in [-0.2, 0) is 6.54 Å². The highest BCUT2D eigenvalue weighted by molar-refractivity contribution is 5.71. The average molecular weight is 328 g/mol. The smallest absolute Gasteiger partial charge is 0.0991 e. The first-order valence-electron chi connectivity index (χ1n) is 9.26. The lowest BCUT2D eigenvalue weighted by Gasteiger charge is -2.45. The fraction of sp³-hybridized carbons (Fsp3) is 0.348. The SMILES string of the molecule is Cc1cc(C#N)ccc1C1=CC2CCCC(C1)N2Cc1ccccc1. The Hall–Kier alpha value is -2.37. The van der Waals surface area contributed by atoms with Crippen LogP contribution in [-0.4, -0.2) is 17.0 Å². The molecule has 2 heterocycles. The minimum absolute atomic E-state index is 0.540. The number of aryl methyl sites for hydroxylation is 1. The highest BCUT2D eigenvalue weighted by Gasteiger charge is 2.34.